The van der Waals surface area contributed by atoms with Gasteiger partial charge in [0.1, 0.15) is 45.7 Å². The summed E-state index contributed by atoms with van der Waals surface area (Å²) in [4.78, 5) is 0. The normalized spacial score (nSPS) is 11.2. The molecule has 0 aliphatic carbocycles. The van der Waals surface area contributed by atoms with E-state index in [4.69, 9.17) is 23.4 Å². The maximum Gasteiger partial charge on any atom is 0.135 e. The van der Waals surface area contributed by atoms with Gasteiger partial charge in [0.2, 0.25) is 0 Å². The van der Waals surface area contributed by atoms with Gasteiger partial charge >= 0.3 is 0 Å². The van der Waals surface area contributed by atoms with Crippen LogP contribution in [0.2, 0.25) is 0 Å². The summed E-state index contributed by atoms with van der Waals surface area (Å²) in [6, 6.07) is 23.7. The average molecular weight is 525 g/mol. The molecule has 0 saturated carbocycles. The number of aryl methyl sites for hydroxylation is 2. The van der Waals surface area contributed by atoms with Crippen molar-refractivity contribution in [1.82, 2.24) is 0 Å². The van der Waals surface area contributed by atoms with Crippen LogP contribution in [0.1, 0.15) is 50.7 Å². The average Bonchev–Trinajstić information content (AvgIpc) is 3.27. The molecule has 1 heterocycles. The first kappa shape index (κ1) is 26.5. The summed E-state index contributed by atoms with van der Waals surface area (Å²) in [6.07, 6.45) is 4.31. The van der Waals surface area contributed by atoms with Crippen LogP contribution in [-0.4, -0.2) is 13.2 Å². The number of hydrogen-bond donors (Lipinski definition) is 0. The van der Waals surface area contributed by atoms with E-state index in [-0.39, 0.29) is 0 Å². The largest absolute Gasteiger partial charge is 0.494 e. The zero-order valence-electron chi connectivity index (χ0n) is 23.2. The van der Waals surface area contributed by atoms with E-state index in [1.165, 1.54) is 0 Å². The highest BCUT2D eigenvalue weighted by Gasteiger charge is 2.15. The molecule has 0 aliphatic heterocycles. The molecule has 0 unspecified atom stereocenters. The van der Waals surface area contributed by atoms with Gasteiger partial charge in [-0.3, -0.25) is 0 Å². The Balaban J connectivity index is 1.38. The Morgan fingerprint density at radius 2 is 0.923 bits per heavy atom. The number of furan rings is 1. The summed E-state index contributed by atoms with van der Waals surface area (Å²) in [5.41, 5.74) is 3.64. The fourth-order valence-corrected chi connectivity index (χ4v) is 4.38. The van der Waals surface area contributed by atoms with Gasteiger partial charge in [0.15, 0.2) is 0 Å². The summed E-state index contributed by atoms with van der Waals surface area (Å²) in [7, 11) is 0. The number of benzene rings is 4. The minimum Gasteiger partial charge on any atom is -0.494 e. The third kappa shape index (κ3) is 6.31. The molecule has 0 bridgehead atoms. The van der Waals surface area contributed by atoms with Crippen LogP contribution in [-0.2, 0) is 0 Å². The van der Waals surface area contributed by atoms with Crippen molar-refractivity contribution in [2.24, 2.45) is 0 Å². The van der Waals surface area contributed by atoms with Crippen molar-refractivity contribution >= 4 is 21.9 Å². The van der Waals surface area contributed by atoms with Crippen LogP contribution in [0, 0.1) is 13.8 Å². The first-order valence-electron chi connectivity index (χ1n) is 13.8. The maximum atomic E-state index is 6.27. The molecule has 0 fully saturated rings. The van der Waals surface area contributed by atoms with Crippen LogP contribution in [0.25, 0.3) is 21.9 Å². The van der Waals surface area contributed by atoms with Crippen LogP contribution in [0.5, 0.6) is 34.5 Å². The Morgan fingerprint density at radius 1 is 0.538 bits per heavy atom. The molecule has 5 aromatic rings. The SMILES string of the molecule is CCCCOc1ccc(Oc2cc3c(cc2C)oc2cc(C)c(Oc4ccc(OCCCC)cc4)cc23)cc1. The lowest BCUT2D eigenvalue weighted by molar-refractivity contribution is 0.309. The Labute approximate surface area is 230 Å². The Kier molecular flexibility index (Phi) is 8.26. The molecule has 5 heteroatoms. The molecule has 4 aromatic carbocycles. The molecule has 0 amide bonds. The summed E-state index contributed by atoms with van der Waals surface area (Å²) in [6.45, 7) is 9.82. The van der Waals surface area contributed by atoms with Crippen molar-refractivity contribution in [3.05, 3.63) is 83.9 Å². The van der Waals surface area contributed by atoms with E-state index < -0.39 is 0 Å². The summed E-state index contributed by atoms with van der Waals surface area (Å²) in [5.74, 6) is 4.79. The Bertz CT molecular complexity index is 1420. The van der Waals surface area contributed by atoms with Crippen molar-refractivity contribution in [2.75, 3.05) is 13.2 Å². The second kappa shape index (κ2) is 12.2. The molecule has 5 rings (SSSR count). The molecular formula is C34H36O5. The molecule has 0 N–H and O–H groups in total. The van der Waals surface area contributed by atoms with E-state index in [2.05, 4.69) is 13.8 Å². The van der Waals surface area contributed by atoms with Gasteiger partial charge in [0.05, 0.1) is 13.2 Å². The third-order valence-corrected chi connectivity index (χ3v) is 6.70. The predicted octanol–water partition coefficient (Wildman–Crippen LogP) is 10.1. The molecule has 0 aliphatic rings. The molecule has 0 atom stereocenters. The van der Waals surface area contributed by atoms with E-state index in [0.29, 0.717) is 0 Å². The van der Waals surface area contributed by atoms with E-state index in [9.17, 15) is 0 Å². The van der Waals surface area contributed by atoms with E-state index in [0.717, 1.165) is 106 Å². The standard InChI is InChI=1S/C34H36O5/c1-5-7-17-35-25-9-13-27(14-10-25)37-31-21-29-30-22-32(24(4)20-34(30)39-33(29)19-23(31)3)38-28-15-11-26(12-16-28)36-18-8-6-2/h9-16,19-22H,5-8,17-18H2,1-4H3. The molecular weight excluding hydrogens is 488 g/mol. The zero-order valence-corrected chi connectivity index (χ0v) is 23.2. The van der Waals surface area contributed by atoms with Crippen LogP contribution >= 0.6 is 0 Å². The van der Waals surface area contributed by atoms with Gasteiger partial charge in [-0.1, -0.05) is 26.7 Å². The zero-order chi connectivity index (χ0) is 27.2. The topological polar surface area (TPSA) is 50.1 Å². The van der Waals surface area contributed by atoms with E-state index in [1.54, 1.807) is 0 Å². The lowest BCUT2D eigenvalue weighted by Crippen LogP contribution is -1.96. The number of ether oxygens (including phenoxy) is 4. The molecule has 39 heavy (non-hydrogen) atoms. The molecule has 0 spiro atoms. The highest BCUT2D eigenvalue weighted by atomic mass is 16.5. The van der Waals surface area contributed by atoms with Crippen molar-refractivity contribution in [2.45, 2.75) is 53.4 Å². The minimum atomic E-state index is 0.726. The second-order valence-corrected chi connectivity index (χ2v) is 9.88. The van der Waals surface area contributed by atoms with Crippen molar-refractivity contribution in [3.63, 3.8) is 0 Å². The van der Waals surface area contributed by atoms with Gasteiger partial charge < -0.3 is 23.4 Å². The molecule has 5 nitrogen and oxygen atoms in total. The van der Waals surface area contributed by atoms with Crippen LogP contribution in [0.15, 0.2) is 77.2 Å². The first-order chi connectivity index (χ1) is 19.0. The van der Waals surface area contributed by atoms with Crippen molar-refractivity contribution in [1.29, 1.82) is 0 Å². The van der Waals surface area contributed by atoms with Crippen LogP contribution in [0.3, 0.4) is 0 Å². The highest BCUT2D eigenvalue weighted by molar-refractivity contribution is 6.06. The minimum absolute atomic E-state index is 0.726. The maximum absolute atomic E-state index is 6.27. The second-order valence-electron chi connectivity index (χ2n) is 9.88. The number of unbranched alkanes of at least 4 members (excludes halogenated alkanes) is 2. The van der Waals surface area contributed by atoms with Crippen LogP contribution < -0.4 is 18.9 Å². The highest BCUT2D eigenvalue weighted by Crippen LogP contribution is 2.39. The summed E-state index contributed by atoms with van der Waals surface area (Å²) < 4.78 is 30.3. The van der Waals surface area contributed by atoms with Gasteiger partial charge in [-0.2, -0.15) is 0 Å². The fourth-order valence-electron chi connectivity index (χ4n) is 4.38. The molecule has 202 valence electrons. The lowest BCUT2D eigenvalue weighted by Gasteiger charge is -2.11. The van der Waals surface area contributed by atoms with E-state index >= 15 is 0 Å². The lowest BCUT2D eigenvalue weighted by atomic mass is 10.1. The van der Waals surface area contributed by atoms with Crippen molar-refractivity contribution < 1.29 is 23.4 Å². The molecule has 0 radical (unpaired) electrons. The van der Waals surface area contributed by atoms with Gasteiger partial charge in [-0.25, -0.2) is 0 Å². The monoisotopic (exact) mass is 524 g/mol. The van der Waals surface area contributed by atoms with Gasteiger partial charge in [0, 0.05) is 10.8 Å². The van der Waals surface area contributed by atoms with Gasteiger partial charge in [-0.05, 0) is 111 Å². The quantitative estimate of drug-likeness (QED) is 0.152. The predicted molar refractivity (Wildman–Crippen MR) is 157 cm³/mol. The Hall–Kier alpha value is -4.12. The molecule has 0 saturated heterocycles. The third-order valence-electron chi connectivity index (χ3n) is 6.70. The fraction of sp³-hybridized carbons (Fsp3) is 0.294. The number of fused-ring (bicyclic) bond motifs is 3. The first-order valence-corrected chi connectivity index (χ1v) is 13.8. The number of rotatable bonds is 12. The van der Waals surface area contributed by atoms with Crippen molar-refractivity contribution in [3.8, 4) is 34.5 Å². The van der Waals surface area contributed by atoms with E-state index in [1.807, 2.05) is 86.6 Å². The Morgan fingerprint density at radius 3 is 1.31 bits per heavy atom. The number of hydrogen-bond acceptors (Lipinski definition) is 5. The van der Waals surface area contributed by atoms with Gasteiger partial charge in [0.25, 0.3) is 0 Å². The summed E-state index contributed by atoms with van der Waals surface area (Å²) in [5, 5.41) is 1.96. The smallest absolute Gasteiger partial charge is 0.135 e. The van der Waals surface area contributed by atoms with Gasteiger partial charge in [-0.15, -0.1) is 0 Å². The van der Waals surface area contributed by atoms with Crippen LogP contribution in [0.4, 0.5) is 0 Å². The summed E-state index contributed by atoms with van der Waals surface area (Å²) >= 11 is 0. The molecule has 1 aromatic heterocycles.